The van der Waals surface area contributed by atoms with Gasteiger partial charge in [0.15, 0.2) is 0 Å². The quantitative estimate of drug-likeness (QED) is 0.417. The van der Waals surface area contributed by atoms with Gasteiger partial charge in [-0.3, -0.25) is 0 Å². The van der Waals surface area contributed by atoms with Crippen molar-refractivity contribution in [3.05, 3.63) is 72.6 Å². The molecule has 4 aromatic rings. The summed E-state index contributed by atoms with van der Waals surface area (Å²) in [6.07, 6.45) is 2.86. The molecule has 0 aliphatic rings. The van der Waals surface area contributed by atoms with E-state index >= 15 is 0 Å². The molecule has 3 N–H and O–H groups in total. The molecule has 28 heavy (non-hydrogen) atoms. The molecular formula is C22H22N4OS. The number of carbonyl (C=O) groups is 1. The fourth-order valence-electron chi connectivity index (χ4n) is 3.30. The monoisotopic (exact) mass is 390 g/mol. The van der Waals surface area contributed by atoms with E-state index in [0.717, 1.165) is 45.5 Å². The normalized spacial score (nSPS) is 12.2. The van der Waals surface area contributed by atoms with Crippen molar-refractivity contribution < 1.29 is 4.79 Å². The minimum atomic E-state index is -0.233. The molecular weight excluding hydrogens is 368 g/mol. The number of rotatable bonds is 6. The summed E-state index contributed by atoms with van der Waals surface area (Å²) in [6.45, 7) is 0. The van der Waals surface area contributed by atoms with Gasteiger partial charge < -0.3 is 15.6 Å². The van der Waals surface area contributed by atoms with Gasteiger partial charge in [0, 0.05) is 5.39 Å². The Morgan fingerprint density at radius 1 is 1.07 bits per heavy atom. The number of H-pyrrole nitrogens is 1. The van der Waals surface area contributed by atoms with Crippen LogP contribution in [0.1, 0.15) is 18.3 Å². The lowest BCUT2D eigenvalue weighted by Crippen LogP contribution is -2.33. The van der Waals surface area contributed by atoms with Gasteiger partial charge in [-0.25, -0.2) is 9.78 Å². The third-order valence-electron chi connectivity index (χ3n) is 4.69. The van der Waals surface area contributed by atoms with Crippen LogP contribution in [0.15, 0.2) is 66.7 Å². The first kappa shape index (κ1) is 18.4. The molecule has 0 saturated carbocycles. The van der Waals surface area contributed by atoms with E-state index in [0.29, 0.717) is 0 Å². The predicted octanol–water partition coefficient (Wildman–Crippen LogP) is 5.33. The van der Waals surface area contributed by atoms with Crippen LogP contribution in [0.4, 0.5) is 10.5 Å². The van der Waals surface area contributed by atoms with Gasteiger partial charge in [0.05, 0.1) is 22.8 Å². The number of imidazole rings is 1. The Hall–Kier alpha value is -2.99. The molecule has 0 radical (unpaired) electrons. The van der Waals surface area contributed by atoms with Gasteiger partial charge in [-0.2, -0.15) is 11.8 Å². The minimum absolute atomic E-state index is 0.185. The molecule has 1 heterocycles. The maximum Gasteiger partial charge on any atom is 0.319 e. The molecule has 6 heteroatoms. The van der Waals surface area contributed by atoms with Crippen molar-refractivity contribution >= 4 is 45.3 Å². The number of thioether (sulfide) groups is 1. The number of para-hydroxylation sites is 2. The third kappa shape index (κ3) is 3.97. The second kappa shape index (κ2) is 8.35. The molecule has 0 bridgehead atoms. The van der Waals surface area contributed by atoms with Gasteiger partial charge in [-0.1, -0.05) is 48.5 Å². The maximum atomic E-state index is 12.7. The molecule has 2 amide bonds. The average molecular weight is 391 g/mol. The summed E-state index contributed by atoms with van der Waals surface area (Å²) in [5.74, 6) is 1.71. The molecule has 0 aliphatic heterocycles. The average Bonchev–Trinajstić information content (AvgIpc) is 3.15. The van der Waals surface area contributed by atoms with Crippen molar-refractivity contribution in [2.24, 2.45) is 0 Å². The smallest absolute Gasteiger partial charge is 0.319 e. The lowest BCUT2D eigenvalue weighted by molar-refractivity contribution is 0.248. The van der Waals surface area contributed by atoms with E-state index in [1.54, 1.807) is 11.8 Å². The van der Waals surface area contributed by atoms with Gasteiger partial charge >= 0.3 is 6.03 Å². The summed E-state index contributed by atoms with van der Waals surface area (Å²) in [5.41, 5.74) is 2.68. The highest BCUT2D eigenvalue weighted by Gasteiger charge is 2.18. The Balaban J connectivity index is 1.55. The molecule has 0 spiro atoms. The number of anilines is 1. The zero-order valence-electron chi connectivity index (χ0n) is 15.6. The summed E-state index contributed by atoms with van der Waals surface area (Å²) in [4.78, 5) is 20.8. The second-order valence-corrected chi connectivity index (χ2v) is 7.58. The summed E-state index contributed by atoms with van der Waals surface area (Å²) < 4.78 is 0. The van der Waals surface area contributed by atoms with Crippen LogP contribution in [0.25, 0.3) is 21.8 Å². The van der Waals surface area contributed by atoms with E-state index in [1.807, 2.05) is 66.7 Å². The first-order valence-electron chi connectivity index (χ1n) is 9.23. The lowest BCUT2D eigenvalue weighted by Gasteiger charge is -2.17. The number of aromatic amines is 1. The highest BCUT2D eigenvalue weighted by Crippen LogP contribution is 2.24. The van der Waals surface area contributed by atoms with Crippen molar-refractivity contribution in [3.8, 4) is 0 Å². The maximum absolute atomic E-state index is 12.7. The van der Waals surface area contributed by atoms with Gasteiger partial charge in [0.1, 0.15) is 5.82 Å². The Morgan fingerprint density at radius 3 is 2.71 bits per heavy atom. The summed E-state index contributed by atoms with van der Waals surface area (Å²) in [6, 6.07) is 21.4. The van der Waals surface area contributed by atoms with Gasteiger partial charge in [0.2, 0.25) is 0 Å². The van der Waals surface area contributed by atoms with Crippen molar-refractivity contribution in [3.63, 3.8) is 0 Å². The Labute approximate surface area is 167 Å². The van der Waals surface area contributed by atoms with Crippen LogP contribution in [0.3, 0.4) is 0 Å². The minimum Gasteiger partial charge on any atom is -0.340 e. The van der Waals surface area contributed by atoms with Crippen LogP contribution in [-0.2, 0) is 0 Å². The van der Waals surface area contributed by atoms with Crippen molar-refractivity contribution in [1.29, 1.82) is 0 Å². The Bertz CT molecular complexity index is 1070. The molecule has 3 aromatic carbocycles. The van der Waals surface area contributed by atoms with Crippen molar-refractivity contribution in [2.45, 2.75) is 12.5 Å². The van der Waals surface area contributed by atoms with Crippen LogP contribution in [-0.4, -0.2) is 28.0 Å². The Morgan fingerprint density at radius 2 is 1.86 bits per heavy atom. The highest BCUT2D eigenvalue weighted by atomic mass is 32.2. The van der Waals surface area contributed by atoms with E-state index in [-0.39, 0.29) is 12.1 Å². The summed E-state index contributed by atoms with van der Waals surface area (Å²) in [7, 11) is 0. The number of aromatic nitrogens is 2. The van der Waals surface area contributed by atoms with Gasteiger partial charge in [-0.05, 0) is 42.0 Å². The van der Waals surface area contributed by atoms with Crippen LogP contribution < -0.4 is 10.6 Å². The van der Waals surface area contributed by atoms with Crippen LogP contribution in [0.5, 0.6) is 0 Å². The number of carbonyl (C=O) groups excluding carboxylic acids is 1. The van der Waals surface area contributed by atoms with Crippen LogP contribution in [0, 0.1) is 0 Å². The molecule has 0 fully saturated rings. The van der Waals surface area contributed by atoms with E-state index in [1.165, 1.54) is 0 Å². The fraction of sp³-hybridized carbons (Fsp3) is 0.182. The number of amides is 2. The number of benzene rings is 3. The molecule has 0 aliphatic carbocycles. The van der Waals surface area contributed by atoms with Gasteiger partial charge in [0.25, 0.3) is 0 Å². The topological polar surface area (TPSA) is 69.8 Å². The Kier molecular flexibility index (Phi) is 5.48. The molecule has 5 nitrogen and oxygen atoms in total. The fourth-order valence-corrected chi connectivity index (χ4v) is 3.77. The number of nitrogens with one attached hydrogen (secondary N) is 3. The number of fused-ring (bicyclic) bond motifs is 2. The third-order valence-corrected chi connectivity index (χ3v) is 5.34. The van der Waals surface area contributed by atoms with Crippen molar-refractivity contribution in [1.82, 2.24) is 15.3 Å². The second-order valence-electron chi connectivity index (χ2n) is 6.60. The van der Waals surface area contributed by atoms with E-state index in [2.05, 4.69) is 26.9 Å². The first-order valence-corrected chi connectivity index (χ1v) is 10.6. The first-order chi connectivity index (χ1) is 13.7. The van der Waals surface area contributed by atoms with Crippen LogP contribution in [0.2, 0.25) is 0 Å². The number of hydrogen-bond acceptors (Lipinski definition) is 3. The van der Waals surface area contributed by atoms with Crippen LogP contribution >= 0.6 is 11.8 Å². The van der Waals surface area contributed by atoms with E-state index < -0.39 is 0 Å². The van der Waals surface area contributed by atoms with E-state index in [4.69, 9.17) is 0 Å². The molecule has 0 unspecified atom stereocenters. The number of hydrogen-bond donors (Lipinski definition) is 3. The zero-order chi connectivity index (χ0) is 19.3. The molecule has 0 saturated heterocycles. The SMILES string of the molecule is CSCC[C@H](NC(=O)Nc1cccc2ccccc12)c1nc2ccccc2[nH]1. The number of urea groups is 1. The zero-order valence-corrected chi connectivity index (χ0v) is 16.4. The lowest BCUT2D eigenvalue weighted by atomic mass is 10.1. The molecule has 142 valence electrons. The van der Waals surface area contributed by atoms with Gasteiger partial charge in [-0.15, -0.1) is 0 Å². The largest absolute Gasteiger partial charge is 0.340 e. The van der Waals surface area contributed by atoms with E-state index in [9.17, 15) is 4.79 Å². The highest BCUT2D eigenvalue weighted by molar-refractivity contribution is 7.98. The predicted molar refractivity (Wildman–Crippen MR) is 118 cm³/mol. The molecule has 1 aromatic heterocycles. The summed E-state index contributed by atoms with van der Waals surface area (Å²) in [5, 5.41) is 8.19. The molecule has 4 rings (SSSR count). The summed E-state index contributed by atoms with van der Waals surface area (Å²) >= 11 is 1.75. The number of nitrogens with zero attached hydrogens (tertiary/aromatic N) is 1. The standard InChI is InChI=1S/C22H22N4OS/c1-28-14-13-20(21-23-18-10-4-5-11-19(18)24-21)26-22(27)25-17-12-6-8-15-7-2-3-9-16(15)17/h2-12,20H,13-14H2,1H3,(H,23,24)(H2,25,26,27)/t20-/m0/s1. The van der Waals surface area contributed by atoms with Crippen molar-refractivity contribution in [2.75, 3.05) is 17.3 Å². The molecule has 1 atom stereocenters.